The monoisotopic (exact) mass is 367 g/mol. The molecule has 0 bridgehead atoms. The van der Waals surface area contributed by atoms with Gasteiger partial charge in [0.1, 0.15) is 12.1 Å². The number of halogens is 1. The molecular formula is C20H18FN3O3. The number of hydrogen-bond donors (Lipinski definition) is 0. The van der Waals surface area contributed by atoms with Gasteiger partial charge < -0.3 is 9.32 Å². The summed E-state index contributed by atoms with van der Waals surface area (Å²) in [6, 6.07) is 7.71. The fourth-order valence-electron chi connectivity index (χ4n) is 2.60. The Balaban J connectivity index is 1.78. The van der Waals surface area contributed by atoms with Crippen LogP contribution in [-0.2, 0) is 11.2 Å². The van der Waals surface area contributed by atoms with Crippen molar-refractivity contribution in [3.8, 4) is 11.3 Å². The van der Waals surface area contributed by atoms with E-state index < -0.39 is 5.82 Å². The van der Waals surface area contributed by atoms with Crippen LogP contribution in [-0.4, -0.2) is 28.7 Å². The number of carbonyl (C=O) groups is 2. The van der Waals surface area contributed by atoms with E-state index in [0.717, 1.165) is 0 Å². The van der Waals surface area contributed by atoms with Crippen LogP contribution in [0.1, 0.15) is 29.6 Å². The first-order valence-corrected chi connectivity index (χ1v) is 8.43. The normalized spacial score (nSPS) is 10.6. The third kappa shape index (κ3) is 4.08. The molecule has 0 N–H and O–H groups in total. The molecule has 3 rings (SSSR count). The SMILES string of the molecule is CCC(=O)N(C)c1ccc(-c2ccc(C(=O)Cc3ncco3)cn2)c(F)c1. The number of benzene rings is 1. The Morgan fingerprint density at radius 2 is 2.00 bits per heavy atom. The van der Waals surface area contributed by atoms with Crippen LogP contribution in [0.25, 0.3) is 11.3 Å². The van der Waals surface area contributed by atoms with Crippen molar-refractivity contribution in [3.63, 3.8) is 0 Å². The summed E-state index contributed by atoms with van der Waals surface area (Å²) in [6.07, 6.45) is 4.66. The molecule has 6 nitrogen and oxygen atoms in total. The number of aromatic nitrogens is 2. The second kappa shape index (κ2) is 7.90. The molecule has 1 amide bonds. The van der Waals surface area contributed by atoms with Gasteiger partial charge in [-0.2, -0.15) is 0 Å². The predicted octanol–water partition coefficient (Wildman–Crippen LogP) is 3.67. The summed E-state index contributed by atoms with van der Waals surface area (Å²) in [6.45, 7) is 1.75. The Bertz CT molecular complexity index is 953. The Morgan fingerprint density at radius 3 is 2.59 bits per heavy atom. The molecular weight excluding hydrogens is 349 g/mol. The number of rotatable bonds is 6. The smallest absolute Gasteiger partial charge is 0.226 e. The lowest BCUT2D eigenvalue weighted by molar-refractivity contribution is -0.118. The van der Waals surface area contributed by atoms with Gasteiger partial charge >= 0.3 is 0 Å². The molecule has 0 fully saturated rings. The van der Waals surface area contributed by atoms with Crippen molar-refractivity contribution < 1.29 is 18.4 Å². The van der Waals surface area contributed by atoms with Gasteiger partial charge in [0.2, 0.25) is 11.8 Å². The third-order valence-electron chi connectivity index (χ3n) is 4.17. The highest BCUT2D eigenvalue weighted by Crippen LogP contribution is 2.25. The predicted molar refractivity (Wildman–Crippen MR) is 97.9 cm³/mol. The van der Waals surface area contributed by atoms with Crippen molar-refractivity contribution in [3.05, 3.63) is 66.3 Å². The number of amides is 1. The quantitative estimate of drug-likeness (QED) is 0.621. The second-order valence-electron chi connectivity index (χ2n) is 5.93. The van der Waals surface area contributed by atoms with Crippen LogP contribution >= 0.6 is 0 Å². The average Bonchev–Trinajstić information content (AvgIpc) is 3.19. The summed E-state index contributed by atoms with van der Waals surface area (Å²) in [5, 5.41) is 0. The summed E-state index contributed by atoms with van der Waals surface area (Å²) >= 11 is 0. The highest BCUT2D eigenvalue weighted by atomic mass is 19.1. The maximum absolute atomic E-state index is 14.5. The second-order valence-corrected chi connectivity index (χ2v) is 5.93. The van der Waals surface area contributed by atoms with Crippen molar-refractivity contribution in [1.82, 2.24) is 9.97 Å². The zero-order chi connectivity index (χ0) is 19.4. The summed E-state index contributed by atoms with van der Waals surface area (Å²) in [4.78, 5) is 33.4. The first kappa shape index (κ1) is 18.4. The van der Waals surface area contributed by atoms with Gasteiger partial charge in [-0.05, 0) is 30.3 Å². The van der Waals surface area contributed by atoms with Crippen molar-refractivity contribution in [1.29, 1.82) is 0 Å². The van der Waals surface area contributed by atoms with E-state index in [-0.39, 0.29) is 18.1 Å². The number of pyridine rings is 1. The van der Waals surface area contributed by atoms with Crippen molar-refractivity contribution in [2.45, 2.75) is 19.8 Å². The maximum Gasteiger partial charge on any atom is 0.226 e. The van der Waals surface area contributed by atoms with Crippen LogP contribution in [0.4, 0.5) is 10.1 Å². The van der Waals surface area contributed by atoms with E-state index in [1.807, 2.05) is 0 Å². The van der Waals surface area contributed by atoms with Crippen LogP contribution in [0.3, 0.4) is 0 Å². The number of ketones is 1. The summed E-state index contributed by atoms with van der Waals surface area (Å²) in [5.74, 6) is -0.452. The van der Waals surface area contributed by atoms with Gasteiger partial charge in [0.15, 0.2) is 5.78 Å². The van der Waals surface area contributed by atoms with E-state index in [0.29, 0.717) is 34.8 Å². The van der Waals surface area contributed by atoms with Crippen LogP contribution in [0.15, 0.2) is 53.4 Å². The average molecular weight is 367 g/mol. The maximum atomic E-state index is 14.5. The molecule has 3 aromatic rings. The Labute approximate surface area is 155 Å². The third-order valence-corrected chi connectivity index (χ3v) is 4.17. The lowest BCUT2D eigenvalue weighted by Gasteiger charge is -2.17. The Hall–Kier alpha value is -3.35. The fraction of sp³-hybridized carbons (Fsp3) is 0.200. The minimum Gasteiger partial charge on any atom is -0.449 e. The van der Waals surface area contributed by atoms with Gasteiger partial charge in [-0.25, -0.2) is 9.37 Å². The lowest BCUT2D eigenvalue weighted by atomic mass is 10.1. The largest absolute Gasteiger partial charge is 0.449 e. The molecule has 0 atom stereocenters. The minimum absolute atomic E-state index is 0.0366. The number of hydrogen-bond acceptors (Lipinski definition) is 5. The van der Waals surface area contributed by atoms with Crippen molar-refractivity contribution >= 4 is 17.4 Å². The van der Waals surface area contributed by atoms with Gasteiger partial charge in [0.25, 0.3) is 0 Å². The van der Waals surface area contributed by atoms with E-state index in [1.54, 1.807) is 38.2 Å². The molecule has 0 spiro atoms. The molecule has 0 aliphatic carbocycles. The Morgan fingerprint density at radius 1 is 1.19 bits per heavy atom. The molecule has 1 aromatic carbocycles. The standard InChI is InChI=1S/C20H18FN3O3/c1-3-20(26)24(2)14-5-6-15(16(21)10-14)17-7-4-13(12-23-17)18(25)11-19-22-8-9-27-19/h4-10,12H,3,11H2,1-2H3. The number of carbonyl (C=O) groups excluding carboxylic acids is 2. The van der Waals surface area contributed by atoms with E-state index in [9.17, 15) is 14.0 Å². The number of oxazole rings is 1. The van der Waals surface area contributed by atoms with Crippen LogP contribution < -0.4 is 4.90 Å². The van der Waals surface area contributed by atoms with E-state index >= 15 is 0 Å². The fourth-order valence-corrected chi connectivity index (χ4v) is 2.60. The molecule has 7 heteroatoms. The number of Topliss-reactive ketones (excluding diaryl/α,β-unsaturated/α-hetero) is 1. The Kier molecular flexibility index (Phi) is 5.40. The molecule has 0 saturated heterocycles. The zero-order valence-corrected chi connectivity index (χ0v) is 15.0. The molecule has 0 aliphatic heterocycles. The zero-order valence-electron chi connectivity index (χ0n) is 15.0. The van der Waals surface area contributed by atoms with E-state index in [4.69, 9.17) is 4.42 Å². The van der Waals surface area contributed by atoms with E-state index in [2.05, 4.69) is 9.97 Å². The van der Waals surface area contributed by atoms with Crippen LogP contribution in [0, 0.1) is 5.82 Å². The molecule has 0 aliphatic rings. The first-order chi connectivity index (χ1) is 13.0. The van der Waals surface area contributed by atoms with Crippen LogP contribution in [0.2, 0.25) is 0 Å². The summed E-state index contributed by atoms with van der Waals surface area (Å²) in [5.41, 5.74) is 1.56. The molecule has 27 heavy (non-hydrogen) atoms. The summed E-state index contributed by atoms with van der Waals surface area (Å²) < 4.78 is 19.6. The highest BCUT2D eigenvalue weighted by molar-refractivity contribution is 5.97. The topological polar surface area (TPSA) is 76.3 Å². The highest BCUT2D eigenvalue weighted by Gasteiger charge is 2.14. The van der Waals surface area contributed by atoms with Crippen molar-refractivity contribution in [2.24, 2.45) is 0 Å². The van der Waals surface area contributed by atoms with Gasteiger partial charge in [-0.3, -0.25) is 14.6 Å². The van der Waals surface area contributed by atoms with Gasteiger partial charge in [0, 0.05) is 36.5 Å². The molecule has 138 valence electrons. The van der Waals surface area contributed by atoms with Gasteiger partial charge in [-0.1, -0.05) is 6.92 Å². The first-order valence-electron chi connectivity index (χ1n) is 8.43. The molecule has 0 saturated carbocycles. The molecule has 0 unspecified atom stereocenters. The molecule has 0 radical (unpaired) electrons. The van der Waals surface area contributed by atoms with Gasteiger partial charge in [0.05, 0.1) is 18.3 Å². The minimum atomic E-state index is -0.491. The number of nitrogens with zero attached hydrogens (tertiary/aromatic N) is 3. The summed E-state index contributed by atoms with van der Waals surface area (Å²) in [7, 11) is 1.60. The molecule has 2 aromatic heterocycles. The lowest BCUT2D eigenvalue weighted by Crippen LogP contribution is -2.25. The van der Waals surface area contributed by atoms with E-state index in [1.165, 1.54) is 29.6 Å². The van der Waals surface area contributed by atoms with Crippen LogP contribution in [0.5, 0.6) is 0 Å². The van der Waals surface area contributed by atoms with Gasteiger partial charge in [-0.15, -0.1) is 0 Å². The van der Waals surface area contributed by atoms with Crippen molar-refractivity contribution in [2.75, 3.05) is 11.9 Å². The number of anilines is 1. The molecule has 2 heterocycles.